The van der Waals surface area contributed by atoms with E-state index in [4.69, 9.17) is 14.9 Å². The fraction of sp³-hybridized carbons (Fsp3) is 0.689. The Bertz CT molecular complexity index is 1580. The number of hydrogen-bond donors (Lipinski definition) is 7. The number of aliphatic hydroxyl groups is 3. The van der Waals surface area contributed by atoms with Gasteiger partial charge in [0.05, 0.1) is 12.7 Å². The van der Waals surface area contributed by atoms with Crippen LogP contribution in [0.2, 0.25) is 0 Å². The summed E-state index contributed by atoms with van der Waals surface area (Å²) in [6.07, 6.45) is 17.8. The molecule has 54 heavy (non-hydrogen) atoms. The predicted molar refractivity (Wildman–Crippen MR) is 214 cm³/mol. The molecular weight excluding hydrogens is 679 g/mol. The first kappa shape index (κ1) is 40.8. The number of nitrogens with one attached hydrogen (secondary N) is 2. The zero-order chi connectivity index (χ0) is 38.0. The highest BCUT2D eigenvalue weighted by Crippen LogP contribution is 2.47. The largest absolute Gasteiger partial charge is 0.504 e. The van der Waals surface area contributed by atoms with E-state index < -0.39 is 6.10 Å². The van der Waals surface area contributed by atoms with Crippen LogP contribution in [-0.2, 0) is 32.3 Å². The van der Waals surface area contributed by atoms with Gasteiger partial charge in [0.25, 0.3) is 0 Å². The Morgan fingerprint density at radius 2 is 1.83 bits per heavy atom. The Balaban J connectivity index is 1.00. The molecule has 0 unspecified atom stereocenters. The third-order valence-electron chi connectivity index (χ3n) is 13.1. The van der Waals surface area contributed by atoms with Gasteiger partial charge in [0.15, 0.2) is 11.5 Å². The van der Waals surface area contributed by atoms with Crippen molar-refractivity contribution in [2.45, 2.75) is 154 Å². The summed E-state index contributed by atoms with van der Waals surface area (Å²) < 4.78 is 12.3. The lowest BCUT2D eigenvalue weighted by Gasteiger charge is -2.35. The van der Waals surface area contributed by atoms with Gasteiger partial charge >= 0.3 is 0 Å². The number of aromatic hydroxyl groups is 1. The van der Waals surface area contributed by atoms with Crippen LogP contribution in [0.4, 0.5) is 0 Å². The first-order chi connectivity index (χ1) is 26.2. The molecule has 2 fully saturated rings. The Morgan fingerprint density at radius 3 is 2.65 bits per heavy atom. The molecule has 0 aliphatic heterocycles. The molecular formula is C45H69N3O6. The summed E-state index contributed by atoms with van der Waals surface area (Å²) in [6.45, 7) is 5.47. The molecule has 3 aromatic rings. The topological polar surface area (TPSA) is 157 Å². The van der Waals surface area contributed by atoms with Gasteiger partial charge in [0.1, 0.15) is 24.2 Å². The molecule has 2 aromatic heterocycles. The lowest BCUT2D eigenvalue weighted by atomic mass is 9.73. The third kappa shape index (κ3) is 10.7. The van der Waals surface area contributed by atoms with Crippen molar-refractivity contribution < 1.29 is 29.6 Å². The lowest BCUT2D eigenvalue weighted by molar-refractivity contribution is 0.103. The number of ether oxygens (including phenoxy) is 1. The van der Waals surface area contributed by atoms with E-state index in [1.807, 2.05) is 25.1 Å². The number of aromatic amines is 1. The lowest BCUT2D eigenvalue weighted by Crippen LogP contribution is -2.33. The maximum absolute atomic E-state index is 11.3. The zero-order valence-corrected chi connectivity index (χ0v) is 33.0. The van der Waals surface area contributed by atoms with E-state index in [0.717, 1.165) is 91.2 Å². The summed E-state index contributed by atoms with van der Waals surface area (Å²) in [7, 11) is 0. The fourth-order valence-electron chi connectivity index (χ4n) is 10.1. The average Bonchev–Trinajstić information content (AvgIpc) is 3.90. The summed E-state index contributed by atoms with van der Waals surface area (Å²) >= 11 is 0. The number of phenols is 1. The van der Waals surface area contributed by atoms with E-state index in [2.05, 4.69) is 23.3 Å². The second-order valence-corrected chi connectivity index (χ2v) is 17.1. The molecule has 8 atom stereocenters. The molecule has 0 spiro atoms. The van der Waals surface area contributed by atoms with E-state index in [0.29, 0.717) is 43.0 Å². The predicted octanol–water partition coefficient (Wildman–Crippen LogP) is 7.77. The first-order valence-electron chi connectivity index (χ1n) is 21.4. The minimum absolute atomic E-state index is 0.0156. The average molecular weight is 748 g/mol. The van der Waals surface area contributed by atoms with Crippen molar-refractivity contribution in [3.8, 4) is 11.5 Å². The molecule has 2 heterocycles. The molecule has 3 aliphatic rings. The van der Waals surface area contributed by atoms with E-state index >= 15 is 0 Å². The second-order valence-electron chi connectivity index (χ2n) is 17.1. The molecule has 9 heteroatoms. The molecule has 300 valence electrons. The Hall–Kier alpha value is -2.82. The third-order valence-corrected chi connectivity index (χ3v) is 13.1. The molecule has 9 nitrogen and oxygen atoms in total. The van der Waals surface area contributed by atoms with Gasteiger partial charge in [-0.05, 0) is 117 Å². The molecule has 1 aromatic carbocycles. The molecule has 8 N–H and O–H groups in total. The number of phenolic OH excluding ortho intramolecular Hbond substituents is 1. The van der Waals surface area contributed by atoms with Crippen LogP contribution in [-0.4, -0.2) is 57.3 Å². The van der Waals surface area contributed by atoms with Crippen LogP contribution in [0.15, 0.2) is 34.7 Å². The number of fused-ring (bicyclic) bond motifs is 2. The van der Waals surface area contributed by atoms with Crippen molar-refractivity contribution in [3.63, 3.8) is 0 Å². The normalized spacial score (nSPS) is 25.2. The Kier molecular flexibility index (Phi) is 15.0. The minimum Gasteiger partial charge on any atom is -0.504 e. The van der Waals surface area contributed by atoms with Gasteiger partial charge < -0.3 is 45.6 Å². The number of aromatic nitrogens is 1. The highest BCUT2D eigenvalue weighted by atomic mass is 16.5. The molecule has 6 rings (SSSR count). The maximum atomic E-state index is 11.3. The van der Waals surface area contributed by atoms with Gasteiger partial charge in [-0.15, -0.1) is 0 Å². The number of hydrogen-bond acceptors (Lipinski definition) is 8. The van der Waals surface area contributed by atoms with Crippen LogP contribution in [0.5, 0.6) is 11.5 Å². The van der Waals surface area contributed by atoms with Crippen molar-refractivity contribution in [3.05, 3.63) is 69.9 Å². The number of unbranched alkanes of at least 4 members (excludes halogenated alkanes) is 2. The number of furan rings is 1. The monoisotopic (exact) mass is 748 g/mol. The van der Waals surface area contributed by atoms with Crippen LogP contribution in [0, 0.1) is 23.7 Å². The van der Waals surface area contributed by atoms with Gasteiger partial charge in [-0.2, -0.15) is 0 Å². The van der Waals surface area contributed by atoms with Gasteiger partial charge in [-0.1, -0.05) is 57.9 Å². The number of rotatable bonds is 20. The number of aliphatic hydroxyl groups excluding tert-OH is 3. The number of nitrogens with two attached hydrogens (primary N) is 1. The van der Waals surface area contributed by atoms with Crippen molar-refractivity contribution in [2.75, 3.05) is 19.7 Å². The number of aryl methyl sites for hydroxylation is 4. The van der Waals surface area contributed by atoms with E-state index in [1.165, 1.54) is 69.0 Å². The second kappa shape index (κ2) is 19.9. The van der Waals surface area contributed by atoms with Gasteiger partial charge in [-0.3, -0.25) is 0 Å². The fourth-order valence-corrected chi connectivity index (χ4v) is 10.1. The van der Waals surface area contributed by atoms with Gasteiger partial charge in [0, 0.05) is 54.8 Å². The number of benzene rings is 1. The summed E-state index contributed by atoms with van der Waals surface area (Å²) in [5, 5.41) is 45.3. The van der Waals surface area contributed by atoms with Crippen LogP contribution in [0.25, 0.3) is 0 Å². The van der Waals surface area contributed by atoms with Crippen LogP contribution in [0.1, 0.15) is 149 Å². The maximum Gasteiger partial charge on any atom is 0.161 e. The van der Waals surface area contributed by atoms with Crippen LogP contribution < -0.4 is 15.8 Å². The number of H-pyrrole nitrogens is 1. The van der Waals surface area contributed by atoms with E-state index in [9.17, 15) is 20.4 Å². The minimum atomic E-state index is -0.869. The van der Waals surface area contributed by atoms with E-state index in [-0.39, 0.29) is 25.1 Å². The highest BCUT2D eigenvalue weighted by molar-refractivity contribution is 5.42. The summed E-state index contributed by atoms with van der Waals surface area (Å²) in [6, 6.07) is 9.86. The Labute approximate surface area is 323 Å². The highest BCUT2D eigenvalue weighted by Gasteiger charge is 2.38. The first-order valence-corrected chi connectivity index (χ1v) is 21.4. The summed E-state index contributed by atoms with van der Waals surface area (Å²) in [4.78, 5) is 3.54. The SMILES string of the molecule is CCCC[C@@H]1CC[C@@H](N)C[C@H]1CCCCc1oc(CCc2ccc(O)c(OC[C@H](O)c3cc4c([nH]3)CC[C@H]3CCC[C@@H]3[C@H]4CNC[C@H](C)O)c2)cc1CO. The zero-order valence-electron chi connectivity index (χ0n) is 33.0. The van der Waals surface area contributed by atoms with Crippen LogP contribution >= 0.6 is 0 Å². The van der Waals surface area contributed by atoms with Gasteiger partial charge in [-0.25, -0.2) is 0 Å². The van der Waals surface area contributed by atoms with Crippen molar-refractivity contribution >= 4 is 0 Å². The molecule has 2 saturated carbocycles. The van der Waals surface area contributed by atoms with Crippen molar-refractivity contribution in [1.82, 2.24) is 10.3 Å². The molecule has 0 bridgehead atoms. The van der Waals surface area contributed by atoms with Gasteiger partial charge in [0.2, 0.25) is 0 Å². The standard InChI is InChI=1S/C45H69N3O6/c1-3-4-8-31-15-17-35(46)22-33(31)9-5-6-12-44-34(27-49)23-36(54-44)18-13-30-14-20-42(51)45(21-30)53-28-43(52)41-24-38-39(26-47-25-29(2)50)37-11-7-10-32(37)16-19-40(38)48-41/h14,20-21,23-24,29,31-33,35,37,39,43,47-52H,3-13,15-19,22,25-28,46H2,1-2H3/t29-,31+,32+,33+,35+,37-,39+,43-/m0/s1. The van der Waals surface area contributed by atoms with E-state index in [1.54, 1.807) is 6.07 Å². The quantitative estimate of drug-likeness (QED) is 0.0578. The Morgan fingerprint density at radius 1 is 0.981 bits per heavy atom. The van der Waals surface area contributed by atoms with Crippen molar-refractivity contribution in [2.24, 2.45) is 29.4 Å². The molecule has 0 saturated heterocycles. The van der Waals surface area contributed by atoms with Crippen LogP contribution in [0.3, 0.4) is 0 Å². The van der Waals surface area contributed by atoms with Crippen molar-refractivity contribution in [1.29, 1.82) is 0 Å². The molecule has 0 radical (unpaired) electrons. The molecule has 3 aliphatic carbocycles. The summed E-state index contributed by atoms with van der Waals surface area (Å²) in [5.74, 6) is 5.39. The smallest absolute Gasteiger partial charge is 0.161 e. The molecule has 0 amide bonds. The summed E-state index contributed by atoms with van der Waals surface area (Å²) in [5.41, 5.74) is 11.5.